The molecule has 2 aromatic heterocycles. The van der Waals surface area contributed by atoms with Gasteiger partial charge in [-0.3, -0.25) is 0 Å². The van der Waals surface area contributed by atoms with Gasteiger partial charge in [0.2, 0.25) is 0 Å². The van der Waals surface area contributed by atoms with Gasteiger partial charge in [0.05, 0.1) is 11.1 Å². The van der Waals surface area contributed by atoms with Gasteiger partial charge in [0.25, 0.3) is 5.89 Å². The molecule has 5 heteroatoms. The molecule has 0 bridgehead atoms. The molecule has 0 fully saturated rings. The van der Waals surface area contributed by atoms with Crippen molar-refractivity contribution in [2.24, 2.45) is 0 Å². The first-order chi connectivity index (χ1) is 8.63. The first kappa shape index (κ1) is 11.2. The van der Waals surface area contributed by atoms with E-state index in [2.05, 4.69) is 15.1 Å². The Morgan fingerprint density at radius 3 is 2.67 bits per heavy atom. The van der Waals surface area contributed by atoms with Crippen molar-refractivity contribution in [1.29, 1.82) is 0 Å². The summed E-state index contributed by atoms with van der Waals surface area (Å²) in [5, 5.41) is 5.13. The van der Waals surface area contributed by atoms with Crippen LogP contribution in [0.2, 0.25) is 5.15 Å². The molecule has 18 heavy (non-hydrogen) atoms. The van der Waals surface area contributed by atoms with E-state index in [1.807, 2.05) is 31.2 Å². The summed E-state index contributed by atoms with van der Waals surface area (Å²) >= 11 is 6.15. The van der Waals surface area contributed by atoms with Crippen molar-refractivity contribution < 1.29 is 4.52 Å². The van der Waals surface area contributed by atoms with Gasteiger partial charge in [-0.15, -0.1) is 0 Å². The SMILES string of the molecule is Cc1ccc2nc(Cl)c(-c3nc(C)no3)cc2c1. The van der Waals surface area contributed by atoms with Crippen LogP contribution in [0.5, 0.6) is 0 Å². The zero-order valence-corrected chi connectivity index (χ0v) is 10.7. The minimum Gasteiger partial charge on any atom is -0.334 e. The number of nitrogens with zero attached hydrogens (tertiary/aromatic N) is 3. The van der Waals surface area contributed by atoms with Gasteiger partial charge in [-0.25, -0.2) is 4.98 Å². The highest BCUT2D eigenvalue weighted by Gasteiger charge is 2.13. The fourth-order valence-corrected chi connectivity index (χ4v) is 2.06. The second kappa shape index (κ2) is 4.07. The van der Waals surface area contributed by atoms with Crippen molar-refractivity contribution in [2.75, 3.05) is 0 Å². The molecule has 0 spiro atoms. The first-order valence-electron chi connectivity index (χ1n) is 5.51. The van der Waals surface area contributed by atoms with E-state index in [0.717, 1.165) is 10.9 Å². The summed E-state index contributed by atoms with van der Waals surface area (Å²) in [4.78, 5) is 8.51. The van der Waals surface area contributed by atoms with Gasteiger partial charge < -0.3 is 4.52 Å². The van der Waals surface area contributed by atoms with E-state index in [1.165, 1.54) is 5.56 Å². The molecule has 90 valence electrons. The van der Waals surface area contributed by atoms with E-state index in [-0.39, 0.29) is 0 Å². The summed E-state index contributed by atoms with van der Waals surface area (Å²) in [6, 6.07) is 7.91. The molecule has 0 aliphatic carbocycles. The fourth-order valence-electron chi connectivity index (χ4n) is 1.83. The average Bonchev–Trinajstić information content (AvgIpc) is 2.75. The summed E-state index contributed by atoms with van der Waals surface area (Å²) < 4.78 is 5.12. The van der Waals surface area contributed by atoms with E-state index < -0.39 is 0 Å². The van der Waals surface area contributed by atoms with Gasteiger partial charge in [-0.05, 0) is 32.0 Å². The number of benzene rings is 1. The van der Waals surface area contributed by atoms with Gasteiger partial charge in [0, 0.05) is 5.39 Å². The normalized spacial score (nSPS) is 11.1. The lowest BCUT2D eigenvalue weighted by Crippen LogP contribution is -1.87. The first-order valence-corrected chi connectivity index (χ1v) is 5.89. The van der Waals surface area contributed by atoms with E-state index in [0.29, 0.717) is 22.4 Å². The smallest absolute Gasteiger partial charge is 0.261 e. The summed E-state index contributed by atoms with van der Waals surface area (Å²) in [7, 11) is 0. The van der Waals surface area contributed by atoms with Gasteiger partial charge in [0.15, 0.2) is 5.82 Å². The highest BCUT2D eigenvalue weighted by atomic mass is 35.5. The number of aryl methyl sites for hydroxylation is 2. The second-order valence-electron chi connectivity index (χ2n) is 4.17. The fraction of sp³-hybridized carbons (Fsp3) is 0.154. The van der Waals surface area contributed by atoms with Crippen LogP contribution in [0.15, 0.2) is 28.8 Å². The lowest BCUT2D eigenvalue weighted by molar-refractivity contribution is 0.425. The van der Waals surface area contributed by atoms with Crippen molar-refractivity contribution in [3.8, 4) is 11.5 Å². The van der Waals surface area contributed by atoms with Crippen molar-refractivity contribution >= 4 is 22.5 Å². The third-order valence-corrected chi connectivity index (χ3v) is 2.97. The molecule has 0 aliphatic heterocycles. The Morgan fingerprint density at radius 1 is 1.11 bits per heavy atom. The van der Waals surface area contributed by atoms with E-state index in [9.17, 15) is 0 Å². The number of aromatic nitrogens is 3. The minimum atomic E-state index is 0.370. The van der Waals surface area contributed by atoms with Crippen LogP contribution in [-0.4, -0.2) is 15.1 Å². The monoisotopic (exact) mass is 259 g/mol. The van der Waals surface area contributed by atoms with Crippen LogP contribution in [0, 0.1) is 13.8 Å². The Labute approximate surface area is 109 Å². The molecule has 1 aromatic carbocycles. The molecule has 2 heterocycles. The van der Waals surface area contributed by atoms with Crippen molar-refractivity contribution in [3.63, 3.8) is 0 Å². The molecule has 0 radical (unpaired) electrons. The predicted molar refractivity (Wildman–Crippen MR) is 69.5 cm³/mol. The minimum absolute atomic E-state index is 0.370. The Balaban J connectivity index is 2.26. The molecule has 0 atom stereocenters. The van der Waals surface area contributed by atoms with Crippen LogP contribution >= 0.6 is 11.6 Å². The highest BCUT2D eigenvalue weighted by Crippen LogP contribution is 2.28. The van der Waals surface area contributed by atoms with Crippen LogP contribution in [0.25, 0.3) is 22.4 Å². The second-order valence-corrected chi connectivity index (χ2v) is 4.53. The maximum absolute atomic E-state index is 6.15. The molecule has 3 aromatic rings. The van der Waals surface area contributed by atoms with Crippen molar-refractivity contribution in [3.05, 3.63) is 40.8 Å². The number of hydrogen-bond acceptors (Lipinski definition) is 4. The summed E-state index contributed by atoms with van der Waals surface area (Å²) in [6.45, 7) is 3.80. The number of halogens is 1. The number of fused-ring (bicyclic) bond motifs is 1. The molecular weight excluding hydrogens is 250 g/mol. The van der Waals surface area contributed by atoms with Gasteiger partial charge >= 0.3 is 0 Å². The average molecular weight is 260 g/mol. The Bertz CT molecular complexity index is 736. The Morgan fingerprint density at radius 2 is 1.94 bits per heavy atom. The molecule has 0 saturated heterocycles. The van der Waals surface area contributed by atoms with E-state index in [1.54, 1.807) is 6.92 Å². The zero-order chi connectivity index (χ0) is 12.7. The van der Waals surface area contributed by atoms with Crippen LogP contribution in [-0.2, 0) is 0 Å². The summed E-state index contributed by atoms with van der Waals surface area (Å²) in [6.07, 6.45) is 0. The Hall–Kier alpha value is -1.94. The molecule has 4 nitrogen and oxygen atoms in total. The van der Waals surface area contributed by atoms with Crippen LogP contribution in [0.4, 0.5) is 0 Å². The van der Waals surface area contributed by atoms with Crippen molar-refractivity contribution in [2.45, 2.75) is 13.8 Å². The van der Waals surface area contributed by atoms with E-state index >= 15 is 0 Å². The lowest BCUT2D eigenvalue weighted by atomic mass is 10.1. The largest absolute Gasteiger partial charge is 0.334 e. The summed E-state index contributed by atoms with van der Waals surface area (Å²) in [5.74, 6) is 0.971. The van der Waals surface area contributed by atoms with Gasteiger partial charge in [-0.1, -0.05) is 28.4 Å². The highest BCUT2D eigenvalue weighted by molar-refractivity contribution is 6.32. The Kier molecular flexibility index (Phi) is 2.52. The topological polar surface area (TPSA) is 51.8 Å². The van der Waals surface area contributed by atoms with Gasteiger partial charge in [-0.2, -0.15) is 4.98 Å². The van der Waals surface area contributed by atoms with Crippen LogP contribution in [0.1, 0.15) is 11.4 Å². The van der Waals surface area contributed by atoms with E-state index in [4.69, 9.17) is 16.1 Å². The van der Waals surface area contributed by atoms with Gasteiger partial charge in [0.1, 0.15) is 5.15 Å². The summed E-state index contributed by atoms with van der Waals surface area (Å²) in [5.41, 5.74) is 2.68. The number of rotatable bonds is 1. The van der Waals surface area contributed by atoms with Crippen LogP contribution in [0.3, 0.4) is 0 Å². The zero-order valence-electron chi connectivity index (χ0n) is 9.94. The number of hydrogen-bond donors (Lipinski definition) is 0. The maximum Gasteiger partial charge on any atom is 0.261 e. The van der Waals surface area contributed by atoms with Crippen molar-refractivity contribution in [1.82, 2.24) is 15.1 Å². The number of pyridine rings is 1. The third kappa shape index (κ3) is 1.84. The standard InChI is InChI=1S/C13H10ClN3O/c1-7-3-4-11-9(5-7)6-10(12(14)16-11)13-15-8(2)17-18-13/h3-6H,1-2H3. The molecule has 0 N–H and O–H groups in total. The molecule has 0 aliphatic rings. The molecule has 0 unspecified atom stereocenters. The molecule has 3 rings (SSSR count). The van der Waals surface area contributed by atoms with Crippen LogP contribution < -0.4 is 0 Å². The molecule has 0 saturated carbocycles. The third-order valence-electron chi connectivity index (χ3n) is 2.68. The predicted octanol–water partition coefficient (Wildman–Crippen LogP) is 3.56. The molecular formula is C13H10ClN3O. The maximum atomic E-state index is 6.15. The lowest BCUT2D eigenvalue weighted by Gasteiger charge is -2.03. The quantitative estimate of drug-likeness (QED) is 0.627. The molecule has 0 amide bonds.